The minimum Gasteiger partial charge on any atom is -0.482 e. The van der Waals surface area contributed by atoms with Crippen LogP contribution in [0.15, 0.2) is 41.3 Å². The SMILES string of the molecule is Cc1cc2c(cc1S(=O)(=O)N1CCN(C(=O)c3cccc(Cl)c3)CC1)OCC(=O)N2. The third-order valence-electron chi connectivity index (χ3n) is 5.13. The highest BCUT2D eigenvalue weighted by atomic mass is 35.5. The molecule has 4 rings (SSSR count). The number of hydrogen-bond acceptors (Lipinski definition) is 5. The number of hydrogen-bond donors (Lipinski definition) is 1. The first-order valence-electron chi connectivity index (χ1n) is 9.38. The van der Waals surface area contributed by atoms with Crippen molar-refractivity contribution in [2.45, 2.75) is 11.8 Å². The van der Waals surface area contributed by atoms with E-state index >= 15 is 0 Å². The molecule has 2 aliphatic rings. The first kappa shape index (κ1) is 20.6. The number of sulfonamides is 1. The molecule has 0 aliphatic carbocycles. The predicted molar refractivity (Wildman–Crippen MR) is 111 cm³/mol. The first-order valence-corrected chi connectivity index (χ1v) is 11.2. The predicted octanol–water partition coefficient (Wildman–Crippen LogP) is 2.13. The van der Waals surface area contributed by atoms with Crippen molar-refractivity contribution >= 4 is 39.1 Å². The van der Waals surface area contributed by atoms with Crippen LogP contribution in [-0.2, 0) is 14.8 Å². The Kier molecular flexibility index (Phi) is 5.44. The second kappa shape index (κ2) is 7.90. The zero-order valence-corrected chi connectivity index (χ0v) is 17.8. The maximum atomic E-state index is 13.2. The van der Waals surface area contributed by atoms with Gasteiger partial charge in [0.05, 0.1) is 10.6 Å². The number of carbonyl (C=O) groups is 2. The van der Waals surface area contributed by atoms with Gasteiger partial charge in [-0.15, -0.1) is 0 Å². The molecule has 1 N–H and O–H groups in total. The van der Waals surface area contributed by atoms with Crippen molar-refractivity contribution in [1.82, 2.24) is 9.21 Å². The minimum atomic E-state index is -3.78. The van der Waals surface area contributed by atoms with Crippen LogP contribution in [0.2, 0.25) is 5.02 Å². The van der Waals surface area contributed by atoms with Crippen LogP contribution in [0.5, 0.6) is 5.75 Å². The van der Waals surface area contributed by atoms with Crippen LogP contribution in [0.25, 0.3) is 0 Å². The molecule has 158 valence electrons. The molecule has 0 unspecified atom stereocenters. The number of rotatable bonds is 3. The van der Waals surface area contributed by atoms with E-state index in [-0.39, 0.29) is 49.5 Å². The summed E-state index contributed by atoms with van der Waals surface area (Å²) in [5.74, 6) is -0.129. The zero-order chi connectivity index (χ0) is 21.5. The Bertz CT molecular complexity index is 1130. The monoisotopic (exact) mass is 449 g/mol. The van der Waals surface area contributed by atoms with Gasteiger partial charge < -0.3 is 15.0 Å². The Hall–Kier alpha value is -2.62. The Morgan fingerprint density at radius 2 is 1.87 bits per heavy atom. The van der Waals surface area contributed by atoms with E-state index in [9.17, 15) is 18.0 Å². The van der Waals surface area contributed by atoms with Gasteiger partial charge in [0.2, 0.25) is 10.0 Å². The topological polar surface area (TPSA) is 96.0 Å². The molecule has 0 saturated carbocycles. The van der Waals surface area contributed by atoms with Crippen molar-refractivity contribution in [1.29, 1.82) is 0 Å². The fourth-order valence-electron chi connectivity index (χ4n) is 3.57. The van der Waals surface area contributed by atoms with Gasteiger partial charge in [0.15, 0.2) is 6.61 Å². The number of ether oxygens (including phenoxy) is 1. The summed E-state index contributed by atoms with van der Waals surface area (Å²) in [6, 6.07) is 9.73. The second-order valence-electron chi connectivity index (χ2n) is 7.16. The quantitative estimate of drug-likeness (QED) is 0.774. The number of carbonyl (C=O) groups excluding carboxylic acids is 2. The highest BCUT2D eigenvalue weighted by molar-refractivity contribution is 7.89. The van der Waals surface area contributed by atoms with E-state index in [1.807, 2.05) is 0 Å². The smallest absolute Gasteiger partial charge is 0.262 e. The maximum Gasteiger partial charge on any atom is 0.262 e. The van der Waals surface area contributed by atoms with E-state index in [2.05, 4.69) is 5.32 Å². The van der Waals surface area contributed by atoms with Gasteiger partial charge in [-0.3, -0.25) is 9.59 Å². The highest BCUT2D eigenvalue weighted by Gasteiger charge is 2.32. The lowest BCUT2D eigenvalue weighted by atomic mass is 10.2. The number of piperazine rings is 1. The van der Waals surface area contributed by atoms with Gasteiger partial charge in [-0.25, -0.2) is 8.42 Å². The number of benzene rings is 2. The third-order valence-corrected chi connectivity index (χ3v) is 7.40. The van der Waals surface area contributed by atoms with Crippen LogP contribution in [0.3, 0.4) is 0 Å². The molecule has 10 heteroatoms. The summed E-state index contributed by atoms with van der Waals surface area (Å²) >= 11 is 5.96. The minimum absolute atomic E-state index is 0.131. The van der Waals surface area contributed by atoms with Gasteiger partial charge >= 0.3 is 0 Å². The summed E-state index contributed by atoms with van der Waals surface area (Å²) < 4.78 is 33.2. The molecule has 2 heterocycles. The molecule has 0 radical (unpaired) electrons. The lowest BCUT2D eigenvalue weighted by molar-refractivity contribution is -0.118. The second-order valence-corrected chi connectivity index (χ2v) is 9.50. The molecule has 0 atom stereocenters. The van der Waals surface area contributed by atoms with Gasteiger partial charge in [0.25, 0.3) is 11.8 Å². The van der Waals surface area contributed by atoms with Crippen LogP contribution < -0.4 is 10.1 Å². The summed E-state index contributed by atoms with van der Waals surface area (Å²) in [6.45, 7) is 2.44. The summed E-state index contributed by atoms with van der Waals surface area (Å²) in [5.41, 5.74) is 1.44. The fraction of sp³-hybridized carbons (Fsp3) is 0.300. The molecule has 1 fully saturated rings. The lowest BCUT2D eigenvalue weighted by Crippen LogP contribution is -2.50. The van der Waals surface area contributed by atoms with Crippen molar-refractivity contribution in [3.63, 3.8) is 0 Å². The van der Waals surface area contributed by atoms with E-state index in [1.54, 1.807) is 42.2 Å². The molecule has 30 heavy (non-hydrogen) atoms. The van der Waals surface area contributed by atoms with Crippen LogP contribution in [0.4, 0.5) is 5.69 Å². The molecule has 2 amide bonds. The van der Waals surface area contributed by atoms with E-state index in [4.69, 9.17) is 16.3 Å². The normalized spacial score (nSPS) is 17.1. The Morgan fingerprint density at radius 1 is 1.13 bits per heavy atom. The van der Waals surface area contributed by atoms with Crippen molar-refractivity contribution in [3.8, 4) is 5.75 Å². The number of halogens is 1. The highest BCUT2D eigenvalue weighted by Crippen LogP contribution is 2.34. The van der Waals surface area contributed by atoms with Gasteiger partial charge in [-0.2, -0.15) is 4.31 Å². The summed E-state index contributed by atoms with van der Waals surface area (Å²) in [6.07, 6.45) is 0. The van der Waals surface area contributed by atoms with Crippen LogP contribution in [0.1, 0.15) is 15.9 Å². The number of anilines is 1. The summed E-state index contributed by atoms with van der Waals surface area (Å²) in [7, 11) is -3.78. The number of amides is 2. The van der Waals surface area contributed by atoms with Gasteiger partial charge in [0.1, 0.15) is 5.75 Å². The summed E-state index contributed by atoms with van der Waals surface area (Å²) in [4.78, 5) is 25.9. The first-order chi connectivity index (χ1) is 14.3. The maximum absolute atomic E-state index is 13.2. The van der Waals surface area contributed by atoms with Crippen LogP contribution in [-0.4, -0.2) is 62.2 Å². The summed E-state index contributed by atoms with van der Waals surface area (Å²) in [5, 5.41) is 3.15. The van der Waals surface area contributed by atoms with Gasteiger partial charge in [-0.1, -0.05) is 17.7 Å². The standard InChI is InChI=1S/C20H20ClN3O5S/c1-13-9-16-17(29-12-19(25)22-16)11-18(13)30(27,28)24-7-5-23(6-8-24)20(26)14-3-2-4-15(21)10-14/h2-4,9-11H,5-8,12H2,1H3,(H,22,25). The molecule has 2 aromatic rings. The molecular weight excluding hydrogens is 430 g/mol. The molecule has 2 aromatic carbocycles. The van der Waals surface area contributed by atoms with Gasteiger partial charge in [0, 0.05) is 42.8 Å². The van der Waals surface area contributed by atoms with E-state index in [0.717, 1.165) is 0 Å². The third kappa shape index (κ3) is 3.88. The Balaban J connectivity index is 1.50. The number of fused-ring (bicyclic) bond motifs is 1. The molecule has 0 aromatic heterocycles. The van der Waals surface area contributed by atoms with Crippen molar-refractivity contribution in [2.75, 3.05) is 38.1 Å². The van der Waals surface area contributed by atoms with Crippen molar-refractivity contribution < 1.29 is 22.7 Å². The number of aryl methyl sites for hydroxylation is 1. The van der Waals surface area contributed by atoms with E-state index < -0.39 is 10.0 Å². The Morgan fingerprint density at radius 3 is 2.57 bits per heavy atom. The average Bonchev–Trinajstić information content (AvgIpc) is 2.72. The fourth-order valence-corrected chi connectivity index (χ4v) is 5.40. The molecule has 0 bridgehead atoms. The van der Waals surface area contributed by atoms with E-state index in [1.165, 1.54) is 10.4 Å². The largest absolute Gasteiger partial charge is 0.482 e. The van der Waals surface area contributed by atoms with Crippen molar-refractivity contribution in [2.24, 2.45) is 0 Å². The number of nitrogens with one attached hydrogen (secondary N) is 1. The van der Waals surface area contributed by atoms with Gasteiger partial charge in [-0.05, 0) is 36.8 Å². The zero-order valence-electron chi connectivity index (χ0n) is 16.2. The molecule has 1 saturated heterocycles. The molecule has 0 spiro atoms. The van der Waals surface area contributed by atoms with Crippen LogP contribution in [0, 0.1) is 6.92 Å². The average molecular weight is 450 g/mol. The molecular formula is C20H20ClN3O5S. The van der Waals surface area contributed by atoms with Crippen LogP contribution >= 0.6 is 11.6 Å². The lowest BCUT2D eigenvalue weighted by Gasteiger charge is -2.34. The molecule has 2 aliphatic heterocycles. The van der Waals surface area contributed by atoms with Crippen molar-refractivity contribution in [3.05, 3.63) is 52.5 Å². The molecule has 8 nitrogen and oxygen atoms in total. The van der Waals surface area contributed by atoms with E-state index in [0.29, 0.717) is 27.6 Å². The number of nitrogens with zero attached hydrogens (tertiary/aromatic N) is 2. The Labute approximate surface area is 179 Å².